The Morgan fingerprint density at radius 2 is 1.29 bits per heavy atom. The number of aliphatic hydroxyl groups excluding tert-OH is 1. The van der Waals surface area contributed by atoms with Crippen LogP contribution in [0, 0.1) is 0 Å². The number of allylic oxidation sites excluding steroid dienone is 4. The number of rotatable bonds is 12. The van der Waals surface area contributed by atoms with E-state index in [1.54, 1.807) is 67.8 Å². The summed E-state index contributed by atoms with van der Waals surface area (Å²) in [7, 11) is 1.56. The van der Waals surface area contributed by atoms with Gasteiger partial charge in [0.2, 0.25) is 0 Å². The number of carbonyl (C=O) groups excluding carboxylic acids is 2. The maximum absolute atomic E-state index is 13.1. The second-order valence-electron chi connectivity index (χ2n) is 7.75. The molecule has 0 amide bonds. The molecule has 0 aromatic heterocycles. The van der Waals surface area contributed by atoms with Crippen molar-refractivity contribution in [3.05, 3.63) is 136 Å². The summed E-state index contributed by atoms with van der Waals surface area (Å²) in [5.74, 6) is -0.590. The van der Waals surface area contributed by atoms with Crippen molar-refractivity contribution in [1.29, 1.82) is 0 Å². The number of benzene rings is 3. The van der Waals surface area contributed by atoms with E-state index in [4.69, 9.17) is 15.0 Å². The summed E-state index contributed by atoms with van der Waals surface area (Å²) in [6.45, 7) is -0.139. The fourth-order valence-electron chi connectivity index (χ4n) is 3.23. The lowest BCUT2D eigenvalue weighted by Crippen LogP contribution is -2.11. The van der Waals surface area contributed by atoms with Gasteiger partial charge in [-0.05, 0) is 64.7 Å². The van der Waals surface area contributed by atoms with Crippen molar-refractivity contribution in [3.8, 4) is 11.5 Å². The molecule has 1 N–H and O–H groups in total. The maximum atomic E-state index is 13.1. The molecule has 0 saturated heterocycles. The van der Waals surface area contributed by atoms with Crippen molar-refractivity contribution < 1.29 is 24.2 Å². The lowest BCUT2D eigenvalue weighted by molar-refractivity contribution is -0.117. The first-order valence-corrected chi connectivity index (χ1v) is 11.5. The fourth-order valence-corrected chi connectivity index (χ4v) is 3.23. The Balaban J connectivity index is 1.84. The van der Waals surface area contributed by atoms with Crippen LogP contribution in [0.25, 0.3) is 28.7 Å². The van der Waals surface area contributed by atoms with Crippen LogP contribution < -0.4 is 9.47 Å². The maximum Gasteiger partial charge on any atom is 0.193 e. The van der Waals surface area contributed by atoms with Crippen LogP contribution in [0.5, 0.6) is 11.5 Å². The lowest BCUT2D eigenvalue weighted by atomic mass is 10.0. The van der Waals surface area contributed by atoms with E-state index in [2.05, 4.69) is 10.0 Å². The Kier molecular flexibility index (Phi) is 10.2. The number of ether oxygens (including phenoxy) is 2. The highest BCUT2D eigenvalue weighted by Gasteiger charge is 2.18. The number of aliphatic hydroxyl groups is 1. The molecule has 0 saturated carbocycles. The van der Waals surface area contributed by atoms with Gasteiger partial charge in [-0.2, -0.15) is 0 Å². The van der Waals surface area contributed by atoms with Crippen molar-refractivity contribution in [2.45, 2.75) is 0 Å². The van der Waals surface area contributed by atoms with Gasteiger partial charge in [0.25, 0.3) is 0 Å². The fraction of sp³-hybridized carbons (Fsp3) is 0.0667. The normalized spacial score (nSPS) is 11.8. The van der Waals surface area contributed by atoms with E-state index >= 15 is 0 Å². The van der Waals surface area contributed by atoms with Gasteiger partial charge in [0.05, 0.1) is 7.11 Å². The molecule has 0 bridgehead atoms. The Morgan fingerprint density at radius 3 is 1.82 bits per heavy atom. The van der Waals surface area contributed by atoms with E-state index in [1.165, 1.54) is 24.3 Å². The highest BCUT2D eigenvalue weighted by Crippen LogP contribution is 2.17. The molecule has 0 aliphatic rings. The number of methoxy groups -OCH3 is 1. The van der Waals surface area contributed by atoms with Gasteiger partial charge >= 0.3 is 0 Å². The average Bonchev–Trinajstić information content (AvgIpc) is 2.95. The van der Waals surface area contributed by atoms with E-state index in [9.17, 15) is 14.7 Å². The molecule has 3 aromatic carbocycles. The van der Waals surface area contributed by atoms with Gasteiger partial charge in [-0.1, -0.05) is 77.9 Å². The van der Waals surface area contributed by atoms with Gasteiger partial charge in [0.1, 0.15) is 22.8 Å². The van der Waals surface area contributed by atoms with E-state index < -0.39 is 17.3 Å². The van der Waals surface area contributed by atoms with Gasteiger partial charge in [-0.3, -0.25) is 9.59 Å². The molecular formula is C30H25N3O5. The average molecular weight is 508 g/mol. The molecule has 0 radical (unpaired) electrons. The number of nitrogens with zero attached hydrogens (tertiary/aromatic N) is 3. The topological polar surface area (TPSA) is 122 Å². The Bertz CT molecular complexity index is 1410. The second-order valence-corrected chi connectivity index (χ2v) is 7.75. The van der Waals surface area contributed by atoms with Gasteiger partial charge in [0, 0.05) is 4.91 Å². The molecule has 0 fully saturated rings. The smallest absolute Gasteiger partial charge is 0.193 e. The van der Waals surface area contributed by atoms with Crippen molar-refractivity contribution in [3.63, 3.8) is 0 Å². The third-order valence-electron chi connectivity index (χ3n) is 5.18. The molecule has 0 unspecified atom stereocenters. The summed E-state index contributed by atoms with van der Waals surface area (Å²) in [6, 6.07) is 22.9. The van der Waals surface area contributed by atoms with Crippen molar-refractivity contribution in [1.82, 2.24) is 0 Å². The minimum atomic E-state index is -0.659. The SMILES string of the molecule is COc1ccc(/C=C/C(=O)/C(C(=O)/C=C/c2ccc(OCN=[N+]=[N-])cc2)=C(O)\C=C\c2ccccc2)cc1. The lowest BCUT2D eigenvalue weighted by Gasteiger charge is -2.04. The van der Waals surface area contributed by atoms with E-state index in [-0.39, 0.29) is 12.3 Å². The monoisotopic (exact) mass is 507 g/mol. The van der Waals surface area contributed by atoms with E-state index in [0.29, 0.717) is 17.1 Å². The van der Waals surface area contributed by atoms with Gasteiger partial charge in [0.15, 0.2) is 18.3 Å². The molecule has 0 heterocycles. The summed E-state index contributed by atoms with van der Waals surface area (Å²) >= 11 is 0. The van der Waals surface area contributed by atoms with Crippen molar-refractivity contribution in [2.75, 3.05) is 13.8 Å². The first-order valence-electron chi connectivity index (χ1n) is 11.5. The second kappa shape index (κ2) is 14.3. The summed E-state index contributed by atoms with van der Waals surface area (Å²) in [5.41, 5.74) is 10.1. The minimum absolute atomic E-state index is 0.139. The van der Waals surface area contributed by atoms with Crippen LogP contribution in [-0.2, 0) is 9.59 Å². The minimum Gasteiger partial charge on any atom is -0.507 e. The molecule has 0 aliphatic carbocycles. The highest BCUT2D eigenvalue weighted by molar-refractivity contribution is 6.29. The van der Waals surface area contributed by atoms with Crippen LogP contribution in [0.2, 0.25) is 0 Å². The predicted octanol–water partition coefficient (Wildman–Crippen LogP) is 6.73. The number of hydrogen-bond donors (Lipinski definition) is 1. The largest absolute Gasteiger partial charge is 0.507 e. The Morgan fingerprint density at radius 1 is 0.789 bits per heavy atom. The predicted molar refractivity (Wildman–Crippen MR) is 147 cm³/mol. The summed E-state index contributed by atoms with van der Waals surface area (Å²) in [4.78, 5) is 28.7. The molecule has 190 valence electrons. The standard InChI is InChI=1S/C30H25N3O5/c1-37-25-14-7-23(8-15-25)12-19-28(35)30(27(34)18-11-22-5-3-2-4-6-22)29(36)20-13-24-9-16-26(17-10-24)38-21-32-33-31/h2-20,34H,21H2,1H3/b18-11+,19-12+,20-13+,30-27-. The quantitative estimate of drug-likeness (QED) is 0.0426. The van der Waals surface area contributed by atoms with Crippen molar-refractivity contribution in [2.24, 2.45) is 5.11 Å². The zero-order chi connectivity index (χ0) is 27.2. The van der Waals surface area contributed by atoms with E-state index in [1.807, 2.05) is 30.3 Å². The third kappa shape index (κ3) is 8.41. The molecule has 38 heavy (non-hydrogen) atoms. The first-order chi connectivity index (χ1) is 18.5. The van der Waals surface area contributed by atoms with Crippen LogP contribution in [-0.4, -0.2) is 30.5 Å². The Hall–Kier alpha value is -5.33. The molecule has 3 aromatic rings. The van der Waals surface area contributed by atoms with Gasteiger partial charge in [-0.15, -0.1) is 0 Å². The molecule has 3 rings (SSSR count). The van der Waals surface area contributed by atoms with Gasteiger partial charge < -0.3 is 14.6 Å². The zero-order valence-electron chi connectivity index (χ0n) is 20.6. The molecule has 8 nitrogen and oxygen atoms in total. The molecular weight excluding hydrogens is 482 g/mol. The van der Waals surface area contributed by atoms with Crippen LogP contribution >= 0.6 is 0 Å². The molecule has 0 spiro atoms. The van der Waals surface area contributed by atoms with Crippen LogP contribution in [0.15, 0.2) is 114 Å². The number of carbonyl (C=O) groups is 2. The first kappa shape index (κ1) is 27.3. The number of azide groups is 1. The van der Waals surface area contributed by atoms with Crippen molar-refractivity contribution >= 4 is 29.8 Å². The highest BCUT2D eigenvalue weighted by atomic mass is 16.5. The van der Waals surface area contributed by atoms with Crippen LogP contribution in [0.4, 0.5) is 0 Å². The summed E-state index contributed by atoms with van der Waals surface area (Å²) in [6.07, 6.45) is 8.48. The summed E-state index contributed by atoms with van der Waals surface area (Å²) in [5, 5.41) is 14.0. The molecule has 0 atom stereocenters. The van der Waals surface area contributed by atoms with Crippen LogP contribution in [0.3, 0.4) is 0 Å². The zero-order valence-corrected chi connectivity index (χ0v) is 20.6. The van der Waals surface area contributed by atoms with Crippen LogP contribution in [0.1, 0.15) is 16.7 Å². The molecule has 0 aliphatic heterocycles. The number of hydrogen-bond acceptors (Lipinski definition) is 6. The number of ketones is 2. The van der Waals surface area contributed by atoms with Gasteiger partial charge in [-0.25, -0.2) is 0 Å². The van der Waals surface area contributed by atoms with E-state index in [0.717, 1.165) is 11.1 Å². The summed E-state index contributed by atoms with van der Waals surface area (Å²) < 4.78 is 10.4. The third-order valence-corrected chi connectivity index (χ3v) is 5.18. The Labute approximate surface area is 220 Å². The molecule has 8 heteroatoms.